The predicted octanol–water partition coefficient (Wildman–Crippen LogP) is 3.96. The van der Waals surface area contributed by atoms with Crippen LogP contribution in [0.15, 0.2) is 47.1 Å². The van der Waals surface area contributed by atoms with Crippen molar-refractivity contribution in [3.63, 3.8) is 0 Å². The zero-order valence-electron chi connectivity index (χ0n) is 14.2. The van der Waals surface area contributed by atoms with Crippen molar-refractivity contribution in [1.82, 2.24) is 9.88 Å². The molecule has 0 radical (unpaired) electrons. The summed E-state index contributed by atoms with van der Waals surface area (Å²) in [5.74, 6) is 1.76. The Morgan fingerprint density at radius 2 is 1.96 bits per heavy atom. The molecule has 1 fully saturated rings. The number of amides is 1. The van der Waals surface area contributed by atoms with Gasteiger partial charge < -0.3 is 15.0 Å². The number of halogens is 1. The van der Waals surface area contributed by atoms with Gasteiger partial charge in [-0.15, -0.1) is 0 Å². The van der Waals surface area contributed by atoms with Gasteiger partial charge in [0.1, 0.15) is 11.6 Å². The van der Waals surface area contributed by atoms with Gasteiger partial charge in [-0.05, 0) is 72.1 Å². The summed E-state index contributed by atoms with van der Waals surface area (Å²) >= 11 is 3.39. The van der Waals surface area contributed by atoms with Gasteiger partial charge in [0.05, 0.1) is 6.61 Å². The highest BCUT2D eigenvalue weighted by molar-refractivity contribution is 9.10. The molecular weight excluding hydrogens is 382 g/mol. The number of likely N-dealkylation sites (tertiary alicyclic amines) is 1. The number of hydrogen-bond donors (Lipinski definition) is 1. The Morgan fingerprint density at radius 3 is 2.56 bits per heavy atom. The van der Waals surface area contributed by atoms with E-state index in [1.807, 2.05) is 48.2 Å². The summed E-state index contributed by atoms with van der Waals surface area (Å²) in [5.41, 5.74) is 0.712. The minimum absolute atomic E-state index is 0.0864. The van der Waals surface area contributed by atoms with E-state index in [4.69, 9.17) is 4.74 Å². The second-order valence-corrected chi connectivity index (χ2v) is 6.95. The number of aromatic nitrogens is 1. The lowest BCUT2D eigenvalue weighted by molar-refractivity contribution is 0.0718. The van der Waals surface area contributed by atoms with E-state index < -0.39 is 0 Å². The standard InChI is InChI=1S/C19H22BrN3O2/c1-2-25-17-6-3-14(4-7-17)19(24)23-11-9-16(10-12-23)22-18-8-5-15(20)13-21-18/h3-8,13,16H,2,9-12H2,1H3,(H,21,22). The summed E-state index contributed by atoms with van der Waals surface area (Å²) in [4.78, 5) is 18.9. The summed E-state index contributed by atoms with van der Waals surface area (Å²) in [7, 11) is 0. The number of anilines is 1. The van der Waals surface area contributed by atoms with Crippen molar-refractivity contribution in [2.45, 2.75) is 25.8 Å². The van der Waals surface area contributed by atoms with E-state index >= 15 is 0 Å². The van der Waals surface area contributed by atoms with Gasteiger partial charge in [-0.25, -0.2) is 4.98 Å². The lowest BCUT2D eigenvalue weighted by Crippen LogP contribution is -2.42. The van der Waals surface area contributed by atoms with Crippen molar-refractivity contribution in [2.24, 2.45) is 0 Å². The van der Waals surface area contributed by atoms with E-state index in [2.05, 4.69) is 26.2 Å². The van der Waals surface area contributed by atoms with Gasteiger partial charge in [-0.2, -0.15) is 0 Å². The van der Waals surface area contributed by atoms with Crippen LogP contribution in [0.25, 0.3) is 0 Å². The third kappa shape index (κ3) is 4.72. The molecule has 132 valence electrons. The SMILES string of the molecule is CCOc1ccc(C(=O)N2CCC(Nc3ccc(Br)cn3)CC2)cc1. The lowest BCUT2D eigenvalue weighted by atomic mass is 10.0. The highest BCUT2D eigenvalue weighted by Gasteiger charge is 2.23. The fraction of sp³-hybridized carbons (Fsp3) is 0.368. The fourth-order valence-corrected chi connectivity index (χ4v) is 3.17. The van der Waals surface area contributed by atoms with Crippen LogP contribution in [0.5, 0.6) is 5.75 Å². The van der Waals surface area contributed by atoms with E-state index in [0.717, 1.165) is 42.0 Å². The minimum Gasteiger partial charge on any atom is -0.494 e. The van der Waals surface area contributed by atoms with Crippen LogP contribution in [0, 0.1) is 0 Å². The van der Waals surface area contributed by atoms with Crippen LogP contribution < -0.4 is 10.1 Å². The molecule has 1 aliphatic rings. The summed E-state index contributed by atoms with van der Waals surface area (Å²) in [6, 6.07) is 11.7. The molecule has 3 rings (SSSR count). The van der Waals surface area contributed by atoms with Gasteiger partial charge in [0.15, 0.2) is 0 Å². The first kappa shape index (κ1) is 17.7. The van der Waals surface area contributed by atoms with Gasteiger partial charge in [-0.1, -0.05) is 0 Å². The molecule has 0 bridgehead atoms. The molecule has 1 amide bonds. The molecule has 1 N–H and O–H groups in total. The summed E-state index contributed by atoms with van der Waals surface area (Å²) in [6.07, 6.45) is 3.62. The third-order valence-corrected chi connectivity index (χ3v) is 4.74. The second kappa shape index (κ2) is 8.34. The molecule has 2 aromatic rings. The molecule has 0 atom stereocenters. The van der Waals surface area contributed by atoms with Crippen molar-refractivity contribution < 1.29 is 9.53 Å². The van der Waals surface area contributed by atoms with Crippen molar-refractivity contribution in [3.05, 3.63) is 52.6 Å². The number of pyridine rings is 1. The molecule has 1 saturated heterocycles. The Bertz CT molecular complexity index is 696. The van der Waals surface area contributed by atoms with Gasteiger partial charge in [0, 0.05) is 35.4 Å². The van der Waals surface area contributed by atoms with Crippen molar-refractivity contribution in [2.75, 3.05) is 25.0 Å². The second-order valence-electron chi connectivity index (χ2n) is 6.03. The van der Waals surface area contributed by atoms with E-state index in [1.165, 1.54) is 0 Å². The molecule has 0 aliphatic carbocycles. The van der Waals surface area contributed by atoms with Gasteiger partial charge >= 0.3 is 0 Å². The van der Waals surface area contributed by atoms with Gasteiger partial charge in [0.2, 0.25) is 0 Å². The molecule has 1 aromatic heterocycles. The predicted molar refractivity (Wildman–Crippen MR) is 102 cm³/mol. The molecule has 0 unspecified atom stereocenters. The van der Waals surface area contributed by atoms with Crippen LogP contribution in [0.3, 0.4) is 0 Å². The maximum atomic E-state index is 12.6. The van der Waals surface area contributed by atoms with E-state index in [1.54, 1.807) is 6.20 Å². The molecule has 0 spiro atoms. The highest BCUT2D eigenvalue weighted by Crippen LogP contribution is 2.19. The first-order valence-corrected chi connectivity index (χ1v) is 9.35. The average molecular weight is 404 g/mol. The maximum Gasteiger partial charge on any atom is 0.253 e. The Hall–Kier alpha value is -2.08. The molecule has 2 heterocycles. The number of hydrogen-bond acceptors (Lipinski definition) is 4. The number of rotatable bonds is 5. The quantitative estimate of drug-likeness (QED) is 0.820. The van der Waals surface area contributed by atoms with Crippen LogP contribution in [0.1, 0.15) is 30.1 Å². The van der Waals surface area contributed by atoms with Crippen molar-refractivity contribution >= 4 is 27.7 Å². The Labute approximate surface area is 156 Å². The first-order chi connectivity index (χ1) is 12.2. The summed E-state index contributed by atoms with van der Waals surface area (Å²) in [5, 5.41) is 3.44. The largest absolute Gasteiger partial charge is 0.494 e. The molecule has 1 aliphatic heterocycles. The van der Waals surface area contributed by atoms with Gasteiger partial charge in [-0.3, -0.25) is 4.79 Å². The van der Waals surface area contributed by atoms with E-state index in [0.29, 0.717) is 18.2 Å². The summed E-state index contributed by atoms with van der Waals surface area (Å²) in [6.45, 7) is 4.07. The smallest absolute Gasteiger partial charge is 0.253 e. The topological polar surface area (TPSA) is 54.5 Å². The minimum atomic E-state index is 0.0864. The number of carbonyl (C=O) groups excluding carboxylic acids is 1. The van der Waals surface area contributed by atoms with Crippen LogP contribution in [0.4, 0.5) is 5.82 Å². The Kier molecular flexibility index (Phi) is 5.91. The number of ether oxygens (including phenoxy) is 1. The van der Waals surface area contributed by atoms with Crippen molar-refractivity contribution in [1.29, 1.82) is 0 Å². The average Bonchev–Trinajstić information content (AvgIpc) is 2.65. The number of piperidine rings is 1. The molecular formula is C19H22BrN3O2. The fourth-order valence-electron chi connectivity index (χ4n) is 2.94. The highest BCUT2D eigenvalue weighted by atomic mass is 79.9. The first-order valence-electron chi connectivity index (χ1n) is 8.56. The number of carbonyl (C=O) groups is 1. The zero-order chi connectivity index (χ0) is 17.6. The molecule has 5 nitrogen and oxygen atoms in total. The maximum absolute atomic E-state index is 12.6. The Morgan fingerprint density at radius 1 is 1.24 bits per heavy atom. The van der Waals surface area contributed by atoms with E-state index in [-0.39, 0.29) is 5.91 Å². The normalized spacial score (nSPS) is 15.0. The molecule has 0 saturated carbocycles. The van der Waals surface area contributed by atoms with Crippen LogP contribution >= 0.6 is 15.9 Å². The monoisotopic (exact) mass is 403 g/mol. The number of nitrogens with zero attached hydrogens (tertiary/aromatic N) is 2. The van der Waals surface area contributed by atoms with Crippen LogP contribution in [-0.2, 0) is 0 Å². The number of nitrogens with one attached hydrogen (secondary N) is 1. The summed E-state index contributed by atoms with van der Waals surface area (Å²) < 4.78 is 6.39. The molecule has 6 heteroatoms. The van der Waals surface area contributed by atoms with Crippen LogP contribution in [0.2, 0.25) is 0 Å². The van der Waals surface area contributed by atoms with Gasteiger partial charge in [0.25, 0.3) is 5.91 Å². The molecule has 1 aromatic carbocycles. The van der Waals surface area contributed by atoms with Crippen molar-refractivity contribution in [3.8, 4) is 5.75 Å². The third-order valence-electron chi connectivity index (χ3n) is 4.27. The molecule has 25 heavy (non-hydrogen) atoms. The van der Waals surface area contributed by atoms with E-state index in [9.17, 15) is 4.79 Å². The Balaban J connectivity index is 1.52. The number of benzene rings is 1. The van der Waals surface area contributed by atoms with Crippen LogP contribution in [-0.4, -0.2) is 41.5 Å². The zero-order valence-corrected chi connectivity index (χ0v) is 15.8. The lowest BCUT2D eigenvalue weighted by Gasteiger charge is -2.32.